The van der Waals surface area contributed by atoms with Gasteiger partial charge in [-0.15, -0.1) is 0 Å². The highest BCUT2D eigenvalue weighted by atomic mass is 16.6. The largest absolute Gasteiger partial charge is 0.460 e. The minimum Gasteiger partial charge on any atom is -0.460 e. The third kappa shape index (κ3) is 23.0. The molecule has 2 saturated heterocycles. The van der Waals surface area contributed by atoms with Gasteiger partial charge in [-0.05, 0) is 120 Å². The van der Waals surface area contributed by atoms with Crippen LogP contribution in [0.2, 0.25) is 0 Å². The van der Waals surface area contributed by atoms with Crippen LogP contribution in [0.25, 0.3) is 0 Å². The average molecular weight is 1170 g/mol. The molecule has 0 aromatic rings. The van der Waals surface area contributed by atoms with E-state index in [1.165, 1.54) is 12.0 Å². The van der Waals surface area contributed by atoms with Crippen molar-refractivity contribution in [3.63, 3.8) is 0 Å². The third-order valence-electron chi connectivity index (χ3n) is 16.9. The summed E-state index contributed by atoms with van der Waals surface area (Å²) in [4.78, 5) is 85.9. The molecule has 3 heterocycles. The summed E-state index contributed by atoms with van der Waals surface area (Å²) >= 11 is 0. The van der Waals surface area contributed by atoms with Gasteiger partial charge in [0.15, 0.2) is 5.78 Å². The second kappa shape index (κ2) is 37.5. The predicted molar refractivity (Wildman–Crippen MR) is 312 cm³/mol. The molecular weight excluding hydrogens is 1070 g/mol. The number of aliphatic hydroxyl groups excluding tert-OH is 1. The van der Waals surface area contributed by atoms with Crippen molar-refractivity contribution in [2.24, 2.45) is 35.5 Å². The minimum atomic E-state index is -2.46. The Labute approximate surface area is 494 Å². The van der Waals surface area contributed by atoms with Gasteiger partial charge in [0.05, 0.1) is 58.0 Å². The smallest absolute Gasteiger partial charge is 0.329 e. The number of fused-ring (bicyclic) bond motifs is 3. The molecule has 1 aliphatic carbocycles. The highest BCUT2D eigenvalue weighted by Gasteiger charge is 2.53. The van der Waals surface area contributed by atoms with E-state index in [-0.39, 0.29) is 55.2 Å². The van der Waals surface area contributed by atoms with Crippen molar-refractivity contribution in [3.05, 3.63) is 47.6 Å². The van der Waals surface area contributed by atoms with Crippen LogP contribution in [0.1, 0.15) is 152 Å². The molecule has 0 unspecified atom stereocenters. The fraction of sp³-hybridized carbons (Fsp3) is 0.781. The van der Waals surface area contributed by atoms with Gasteiger partial charge >= 0.3 is 11.9 Å². The number of cyclic esters (lactones) is 1. The van der Waals surface area contributed by atoms with Crippen LogP contribution in [0.5, 0.6) is 0 Å². The Morgan fingerprint density at radius 3 is 2.10 bits per heavy atom. The molecule has 0 aromatic heterocycles. The van der Waals surface area contributed by atoms with E-state index in [1.807, 2.05) is 58.1 Å². The fourth-order valence-electron chi connectivity index (χ4n) is 11.7. The zero-order chi connectivity index (χ0) is 61.1. The number of allylic oxidation sites excluding steroid dienone is 6. The van der Waals surface area contributed by atoms with E-state index in [1.54, 1.807) is 41.1 Å². The zero-order valence-corrected chi connectivity index (χ0v) is 51.9. The minimum absolute atomic E-state index is 0.00167. The summed E-state index contributed by atoms with van der Waals surface area (Å²) in [7, 11) is 4.53. The Bertz CT molecular complexity index is 2140. The van der Waals surface area contributed by atoms with Gasteiger partial charge in [-0.1, -0.05) is 78.0 Å². The van der Waals surface area contributed by atoms with Crippen molar-refractivity contribution < 1.29 is 86.3 Å². The molecule has 83 heavy (non-hydrogen) atoms. The van der Waals surface area contributed by atoms with Crippen molar-refractivity contribution in [2.45, 2.75) is 206 Å². The molecule has 3 fully saturated rings. The molecule has 472 valence electrons. The maximum absolute atomic E-state index is 14.6. The van der Waals surface area contributed by atoms with Crippen LogP contribution in [0.3, 0.4) is 0 Å². The summed E-state index contributed by atoms with van der Waals surface area (Å²) in [5, 5.41) is 23.6. The number of piperidine rings is 1. The van der Waals surface area contributed by atoms with Crippen molar-refractivity contribution in [1.29, 1.82) is 0 Å². The van der Waals surface area contributed by atoms with Crippen molar-refractivity contribution in [1.82, 2.24) is 4.90 Å². The summed E-state index contributed by atoms with van der Waals surface area (Å²) in [6.45, 7) is 18.6. The predicted octanol–water partition coefficient (Wildman–Crippen LogP) is 7.99. The number of ether oxygens (including phenoxy) is 10. The summed E-state index contributed by atoms with van der Waals surface area (Å²) in [6.07, 6.45) is 12.3. The number of hydrogen-bond donors (Lipinski definition) is 2. The quantitative estimate of drug-likeness (QED) is 0.0452. The van der Waals surface area contributed by atoms with E-state index in [0.717, 1.165) is 18.6 Å². The number of nitrogens with zero attached hydrogens (tertiary/aromatic N) is 1. The van der Waals surface area contributed by atoms with Gasteiger partial charge < -0.3 is 62.5 Å². The van der Waals surface area contributed by atoms with Crippen LogP contribution in [-0.2, 0) is 76.1 Å². The summed E-state index contributed by atoms with van der Waals surface area (Å²) in [6, 6.07) is -1.18. The lowest BCUT2D eigenvalue weighted by Crippen LogP contribution is -2.61. The lowest BCUT2D eigenvalue weighted by Gasteiger charge is -2.42. The van der Waals surface area contributed by atoms with Crippen LogP contribution < -0.4 is 0 Å². The standard InChI is InChI=1S/C64H103NO18/c1-12-28-77-30-32-79-34-35-80-33-31-78-29-18-22-57(67)81-53-26-24-49(39-56(53)75-10)38-45(5)55-41-52(66)44(4)37-47(7)59(69)60(76-11)58(68)46(6)36-42(2)19-14-13-15-20-43(3)54(74-9)40-50-25-23-48(8)64(73,83-50)61(70)62(71)65-27-17-16-21-51(65)63(72)82-55/h13-15,19-20,37,42,44-46,48-51,53-56,59-60,69,73H,12,16-18,21-36,38-41H2,1-11H3/b15-13+,19-14+,43-20+,47-37+/t42-,44-,45-,46-,48-,49+,50+,51+,53-,54+,55+,56-,59-,60+,64-/m1/s1. The number of rotatable bonds is 22. The molecule has 0 aromatic carbocycles. The normalized spacial score (nSPS) is 34.2. The molecule has 4 aliphatic rings. The second-order valence-corrected chi connectivity index (χ2v) is 23.6. The van der Waals surface area contributed by atoms with E-state index in [2.05, 4.69) is 6.92 Å². The van der Waals surface area contributed by atoms with E-state index in [0.29, 0.717) is 122 Å². The molecular formula is C64H103NO18. The third-order valence-corrected chi connectivity index (χ3v) is 16.9. The van der Waals surface area contributed by atoms with Gasteiger partial charge in [0.2, 0.25) is 5.79 Å². The Hall–Kier alpha value is -4.02. The van der Waals surface area contributed by atoms with Gasteiger partial charge in [-0.2, -0.15) is 0 Å². The molecule has 2 bridgehead atoms. The maximum atomic E-state index is 14.6. The van der Waals surface area contributed by atoms with Crippen molar-refractivity contribution in [3.8, 4) is 0 Å². The van der Waals surface area contributed by atoms with E-state index in [9.17, 15) is 39.0 Å². The number of Topliss-reactive ketones (excluding diaryl/α,β-unsaturated/α-hetero) is 3. The molecule has 19 nitrogen and oxygen atoms in total. The molecule has 19 heteroatoms. The second-order valence-electron chi connectivity index (χ2n) is 23.6. The van der Waals surface area contributed by atoms with Crippen LogP contribution in [-0.4, -0.2) is 186 Å². The number of amides is 1. The first kappa shape index (κ1) is 71.5. The lowest BCUT2D eigenvalue weighted by molar-refractivity contribution is -0.265. The van der Waals surface area contributed by atoms with Crippen LogP contribution >= 0.6 is 0 Å². The van der Waals surface area contributed by atoms with Crippen LogP contribution in [0, 0.1) is 35.5 Å². The summed E-state index contributed by atoms with van der Waals surface area (Å²) < 4.78 is 58.0. The van der Waals surface area contributed by atoms with Gasteiger partial charge in [0, 0.05) is 78.1 Å². The first-order valence-corrected chi connectivity index (χ1v) is 30.7. The number of esters is 2. The highest BCUT2D eigenvalue weighted by molar-refractivity contribution is 6.39. The molecule has 1 amide bonds. The summed E-state index contributed by atoms with van der Waals surface area (Å²) in [5.74, 6) is -8.73. The van der Waals surface area contributed by atoms with Gasteiger partial charge in [-0.25, -0.2) is 4.79 Å². The SMILES string of the molecule is CCCOCCOCCOCCOCCCC(=O)O[C@@H]1CC[C@@H](C[C@@H](C)[C@@H]2CC(=O)[C@H](C)/C=C(\C)[C@@H](O)[C@@H](OC)C(=O)[C@H](C)C[C@H](C)/C=C/C=C/C=C(\C)[C@@H](OC)C[C@@H]3CC[C@@H](C)[C@@](O)(O3)C(=O)C(=O)N3CCCC[C@H]3C(=O)O2)C[C@H]1OC. The van der Waals surface area contributed by atoms with E-state index >= 15 is 0 Å². The topological polar surface area (TPSA) is 238 Å². The Morgan fingerprint density at radius 2 is 1.45 bits per heavy atom. The molecule has 1 saturated carbocycles. The highest BCUT2D eigenvalue weighted by Crippen LogP contribution is 2.38. The molecule has 4 rings (SSSR count). The summed E-state index contributed by atoms with van der Waals surface area (Å²) in [5.41, 5.74) is 1.23. The lowest BCUT2D eigenvalue weighted by atomic mass is 9.78. The average Bonchev–Trinajstić information content (AvgIpc) is 3.60. The van der Waals surface area contributed by atoms with Crippen molar-refractivity contribution >= 4 is 35.2 Å². The number of ketones is 3. The van der Waals surface area contributed by atoms with Gasteiger partial charge in [0.25, 0.3) is 11.7 Å². The van der Waals surface area contributed by atoms with Crippen LogP contribution in [0.15, 0.2) is 47.6 Å². The zero-order valence-electron chi connectivity index (χ0n) is 51.9. The van der Waals surface area contributed by atoms with Gasteiger partial charge in [0.1, 0.15) is 36.2 Å². The number of aliphatic hydroxyl groups is 2. The van der Waals surface area contributed by atoms with Gasteiger partial charge in [-0.3, -0.25) is 24.0 Å². The Balaban J connectivity index is 1.51. The fourth-order valence-corrected chi connectivity index (χ4v) is 11.7. The number of hydrogen-bond acceptors (Lipinski definition) is 18. The van der Waals surface area contributed by atoms with Crippen LogP contribution in [0.4, 0.5) is 0 Å². The van der Waals surface area contributed by atoms with Crippen molar-refractivity contribution in [2.75, 3.05) is 80.7 Å². The molecule has 15 atom stereocenters. The van der Waals surface area contributed by atoms with E-state index < -0.39 is 95.9 Å². The molecule has 2 N–H and O–H groups in total. The first-order chi connectivity index (χ1) is 39.7. The molecule has 3 aliphatic heterocycles. The molecule has 0 spiro atoms. The Morgan fingerprint density at radius 1 is 0.771 bits per heavy atom. The first-order valence-electron chi connectivity index (χ1n) is 30.7. The Kier molecular flexibility index (Phi) is 32.3. The maximum Gasteiger partial charge on any atom is 0.329 e. The molecule has 0 radical (unpaired) electrons. The number of carbonyl (C=O) groups is 6. The monoisotopic (exact) mass is 1170 g/mol. The number of carbonyl (C=O) groups excluding carboxylic acids is 6. The number of methoxy groups -OCH3 is 3. The van der Waals surface area contributed by atoms with E-state index in [4.69, 9.17) is 47.4 Å².